The number of hydrogen-bond acceptors (Lipinski definition) is 19. The Labute approximate surface area is 423 Å². The van der Waals surface area contributed by atoms with Crippen LogP contribution in [0.15, 0.2) is 0 Å². The van der Waals surface area contributed by atoms with Crippen molar-refractivity contribution in [2.24, 2.45) is 0 Å². The molecule has 15 atom stereocenters. The van der Waals surface area contributed by atoms with Gasteiger partial charge >= 0.3 is 18.0 Å². The van der Waals surface area contributed by atoms with E-state index in [-0.39, 0.29) is 64.2 Å². The molecule has 4 heterocycles. The topological polar surface area (TPSA) is 411 Å². The van der Waals surface area contributed by atoms with Crippen molar-refractivity contribution >= 4 is 53.4 Å². The van der Waals surface area contributed by atoms with Crippen molar-refractivity contribution in [3.8, 4) is 0 Å². The van der Waals surface area contributed by atoms with Crippen LogP contribution in [0.5, 0.6) is 0 Å². The molecule has 4 aliphatic heterocycles. The molecule has 0 bridgehead atoms. The summed E-state index contributed by atoms with van der Waals surface area (Å²) in [6, 6.07) is -2.97. The van der Waals surface area contributed by atoms with Crippen LogP contribution in [0.4, 0.5) is 4.79 Å². The first-order valence-corrected chi connectivity index (χ1v) is 24.7. The molecule has 416 valence electrons. The third-order valence-electron chi connectivity index (χ3n) is 12.7. The number of aliphatic hydroxyl groups is 7. The molecule has 4 aliphatic rings. The van der Waals surface area contributed by atoms with Gasteiger partial charge < -0.3 is 96.8 Å². The van der Waals surface area contributed by atoms with E-state index in [1.54, 1.807) is 0 Å². The second-order valence-electron chi connectivity index (χ2n) is 18.1. The number of nitrogens with one attached hydrogen (secondary N) is 6. The maximum atomic E-state index is 12.8. The summed E-state index contributed by atoms with van der Waals surface area (Å²) in [6.07, 6.45) is -11.6. The van der Waals surface area contributed by atoms with Crippen LogP contribution in [-0.4, -0.2) is 216 Å². The number of rotatable bonds is 30. The highest BCUT2D eigenvalue weighted by atomic mass is 32.2. The van der Waals surface area contributed by atoms with Crippen LogP contribution in [0.2, 0.25) is 0 Å². The fraction of sp³-hybridized carbons (Fsp3) is 0.844. The van der Waals surface area contributed by atoms with Gasteiger partial charge in [-0.2, -0.15) is 11.8 Å². The molecule has 0 aromatic rings. The van der Waals surface area contributed by atoms with Crippen molar-refractivity contribution in [3.05, 3.63) is 0 Å². The van der Waals surface area contributed by atoms with Crippen molar-refractivity contribution in [1.29, 1.82) is 0 Å². The van der Waals surface area contributed by atoms with E-state index in [1.165, 1.54) is 0 Å². The number of aliphatic carboxylic acids is 2. The van der Waals surface area contributed by atoms with Crippen LogP contribution in [-0.2, 0) is 47.7 Å². The monoisotopic (exact) mass is 1060 g/mol. The summed E-state index contributed by atoms with van der Waals surface area (Å²) in [5, 5.41) is 112. The average molecular weight is 1060 g/mol. The average Bonchev–Trinajstić information content (AvgIpc) is 3.86. The maximum absolute atomic E-state index is 12.8. The van der Waals surface area contributed by atoms with Crippen molar-refractivity contribution in [3.63, 3.8) is 0 Å². The Morgan fingerprint density at radius 3 is 1.76 bits per heavy atom. The molecule has 0 aromatic carbocycles. The van der Waals surface area contributed by atoms with E-state index in [0.717, 1.165) is 45.3 Å². The summed E-state index contributed by atoms with van der Waals surface area (Å²) < 4.78 is 22.7. The SMILES string of the molecule is C.C.CC(=O)N[C@H]1[C@H]([C@H](O)[C@H](O)CO)O[C@@](O[C@H](CO)[C@@H](O)[C@@H]2O[C@@](OCCCCCNC(=O)CCCCCNC(=O)CCCC[C@@H]3SC[C@@H]4NC(=O)N[C@@H]43)(C(=O)O)C[C@H](O)[C@H]2NC(C)=O)(C(=O)O)C[C@@H]1O. The van der Waals surface area contributed by atoms with E-state index in [4.69, 9.17) is 18.9 Å². The zero-order chi connectivity index (χ0) is 51.8. The van der Waals surface area contributed by atoms with Crippen molar-refractivity contribution in [2.75, 3.05) is 38.7 Å². The Morgan fingerprint density at radius 1 is 0.722 bits per heavy atom. The number of hydrogen-bond donors (Lipinski definition) is 15. The molecular weight excluding hydrogens is 977 g/mol. The van der Waals surface area contributed by atoms with Crippen LogP contribution in [0.3, 0.4) is 0 Å². The Hall–Kier alpha value is -4.00. The normalized spacial score (nSPS) is 30.3. The van der Waals surface area contributed by atoms with Gasteiger partial charge in [-0.3, -0.25) is 19.2 Å². The van der Waals surface area contributed by atoms with E-state index < -0.39 is 122 Å². The molecular formula is C45H80N6O20S. The third-order valence-corrected chi connectivity index (χ3v) is 14.2. The van der Waals surface area contributed by atoms with Crippen LogP contribution < -0.4 is 31.9 Å². The van der Waals surface area contributed by atoms with Gasteiger partial charge in [0, 0.05) is 63.6 Å². The van der Waals surface area contributed by atoms with Gasteiger partial charge in [0.2, 0.25) is 23.6 Å². The molecule has 0 unspecified atom stereocenters. The van der Waals surface area contributed by atoms with Crippen molar-refractivity contribution < 1.29 is 98.5 Å². The number of fused-ring (bicyclic) bond motifs is 1. The lowest BCUT2D eigenvalue weighted by atomic mass is 9.87. The van der Waals surface area contributed by atoms with Crippen LogP contribution in [0, 0.1) is 0 Å². The number of urea groups is 1. The van der Waals surface area contributed by atoms with Gasteiger partial charge in [0.15, 0.2) is 0 Å². The minimum Gasteiger partial charge on any atom is -0.477 e. The van der Waals surface area contributed by atoms with E-state index in [2.05, 4.69) is 31.9 Å². The van der Waals surface area contributed by atoms with E-state index >= 15 is 0 Å². The lowest BCUT2D eigenvalue weighted by molar-refractivity contribution is -0.345. The largest absolute Gasteiger partial charge is 0.477 e. The van der Waals surface area contributed by atoms with Gasteiger partial charge in [-0.1, -0.05) is 27.7 Å². The summed E-state index contributed by atoms with van der Waals surface area (Å²) in [5.41, 5.74) is 0. The summed E-state index contributed by atoms with van der Waals surface area (Å²) >= 11 is 1.85. The van der Waals surface area contributed by atoms with Gasteiger partial charge in [0.1, 0.15) is 36.6 Å². The number of amides is 6. The van der Waals surface area contributed by atoms with Gasteiger partial charge in [-0.25, -0.2) is 14.4 Å². The number of carboxylic acids is 2. The molecule has 72 heavy (non-hydrogen) atoms. The first kappa shape index (κ1) is 64.1. The summed E-state index contributed by atoms with van der Waals surface area (Å²) in [6.45, 7) is 0.286. The van der Waals surface area contributed by atoms with E-state index in [0.29, 0.717) is 50.4 Å². The highest BCUT2D eigenvalue weighted by Gasteiger charge is 2.60. The number of carbonyl (C=O) groups is 7. The molecule has 0 aliphatic carbocycles. The third kappa shape index (κ3) is 17.8. The molecule has 4 fully saturated rings. The zero-order valence-corrected chi connectivity index (χ0v) is 40.2. The summed E-state index contributed by atoms with van der Waals surface area (Å²) in [4.78, 5) is 85.9. The number of carbonyl (C=O) groups excluding carboxylic acids is 5. The molecule has 0 saturated carbocycles. The minimum atomic E-state index is -3.07. The first-order valence-electron chi connectivity index (χ1n) is 23.7. The molecule has 4 rings (SSSR count). The minimum absolute atomic E-state index is 0. The van der Waals surface area contributed by atoms with Gasteiger partial charge in [-0.15, -0.1) is 0 Å². The molecule has 0 spiro atoms. The number of aliphatic hydroxyl groups excluding tert-OH is 7. The number of ether oxygens (including phenoxy) is 4. The standard InChI is InChI=1S/C43H72N6O20S.2CH4/c1-22(52)46-33-26(55)18-43(40(63)64,69-37(33)35(59)27(56)19-50)67-28(20-51)36(60)38-34(47-23(2)53)25(54)17-42(68-38,39(61)62)66-16-10-4-9-15-45-30(57)12-5-3-8-14-44-31(58)13-7-6-11-29-32-24(21-70-29)48-41(65)49-32;;/h24-29,32-38,50-51,54-56,59-60H,3-21H2,1-2H3,(H,44,58)(H,45,57)(H,46,52)(H,47,53)(H,61,62)(H,63,64)(H2,48,49,65);2*1H4/t24-,25-,26-,27+,28+,29-,32-,33+,34+,35+,36+,37+,38+,42+,43+;;/m0../s1. The molecule has 15 N–H and O–H groups in total. The number of thioether (sulfide) groups is 1. The van der Waals surface area contributed by atoms with Crippen LogP contribution >= 0.6 is 11.8 Å². The van der Waals surface area contributed by atoms with E-state index in [9.17, 15) is 79.5 Å². The molecule has 0 aromatic heterocycles. The second kappa shape index (κ2) is 30.4. The number of unbranched alkanes of at least 4 members (excludes halogenated alkanes) is 5. The first-order chi connectivity index (χ1) is 33.2. The van der Waals surface area contributed by atoms with Crippen LogP contribution in [0.25, 0.3) is 0 Å². The molecule has 27 heteroatoms. The molecule has 0 radical (unpaired) electrons. The quantitative estimate of drug-likeness (QED) is 0.0257. The van der Waals surface area contributed by atoms with Crippen molar-refractivity contribution in [1.82, 2.24) is 31.9 Å². The number of carboxylic acid groups (broad SMARTS) is 2. The lowest BCUT2D eigenvalue weighted by Gasteiger charge is -2.49. The summed E-state index contributed by atoms with van der Waals surface area (Å²) in [5.74, 6) is -10.3. The summed E-state index contributed by atoms with van der Waals surface area (Å²) in [7, 11) is 0. The zero-order valence-electron chi connectivity index (χ0n) is 39.4. The van der Waals surface area contributed by atoms with Crippen molar-refractivity contribution in [2.45, 2.75) is 202 Å². The van der Waals surface area contributed by atoms with Gasteiger partial charge in [0.25, 0.3) is 11.6 Å². The Balaban J connectivity index is 0.00000888. The fourth-order valence-electron chi connectivity index (χ4n) is 9.00. The van der Waals surface area contributed by atoms with Gasteiger partial charge in [0.05, 0.1) is 56.2 Å². The Morgan fingerprint density at radius 2 is 1.24 bits per heavy atom. The highest BCUT2D eigenvalue weighted by molar-refractivity contribution is 8.00. The lowest BCUT2D eigenvalue weighted by Crippen LogP contribution is -2.70. The Bertz CT molecular complexity index is 1780. The molecule has 26 nitrogen and oxygen atoms in total. The second-order valence-corrected chi connectivity index (χ2v) is 19.4. The predicted molar refractivity (Wildman–Crippen MR) is 256 cm³/mol. The fourth-order valence-corrected chi connectivity index (χ4v) is 10.5. The highest BCUT2D eigenvalue weighted by Crippen LogP contribution is 2.38. The van der Waals surface area contributed by atoms with E-state index in [1.807, 2.05) is 11.8 Å². The molecule has 4 saturated heterocycles. The van der Waals surface area contributed by atoms with Gasteiger partial charge in [-0.05, 0) is 44.9 Å². The smallest absolute Gasteiger partial charge is 0.364 e. The maximum Gasteiger partial charge on any atom is 0.364 e. The van der Waals surface area contributed by atoms with Crippen LogP contribution in [0.1, 0.15) is 112 Å². The Kier molecular flexibility index (Phi) is 27.1. The molecule has 6 amide bonds. The predicted octanol–water partition coefficient (Wildman–Crippen LogP) is -2.71.